The first kappa shape index (κ1) is 21.7. The molecule has 0 amide bonds. The Labute approximate surface area is 175 Å². The van der Waals surface area contributed by atoms with Gasteiger partial charge in [0.25, 0.3) is 5.69 Å². The van der Waals surface area contributed by atoms with Gasteiger partial charge in [-0.05, 0) is 62.6 Å². The summed E-state index contributed by atoms with van der Waals surface area (Å²) in [6.07, 6.45) is 3.87. The molecule has 2 N–H and O–H groups in total. The smallest absolute Gasteiger partial charge is 0.270 e. The first-order chi connectivity index (χ1) is 14.2. The number of piperidine rings is 1. The van der Waals surface area contributed by atoms with E-state index in [9.17, 15) is 23.6 Å². The van der Waals surface area contributed by atoms with E-state index in [1.165, 1.54) is 34.8 Å². The van der Waals surface area contributed by atoms with E-state index in [1.54, 1.807) is 12.1 Å². The number of phenols is 1. The molecule has 0 aromatic heterocycles. The maximum absolute atomic E-state index is 13.5. The van der Waals surface area contributed by atoms with Gasteiger partial charge in [0.1, 0.15) is 10.6 Å². The van der Waals surface area contributed by atoms with Crippen LogP contribution in [0.25, 0.3) is 0 Å². The van der Waals surface area contributed by atoms with E-state index in [0.29, 0.717) is 5.56 Å². The van der Waals surface area contributed by atoms with Crippen LogP contribution in [0.2, 0.25) is 0 Å². The molecule has 1 fully saturated rings. The van der Waals surface area contributed by atoms with Crippen molar-refractivity contribution >= 4 is 27.6 Å². The predicted molar refractivity (Wildman–Crippen MR) is 114 cm³/mol. The second kappa shape index (κ2) is 8.80. The number of anilines is 1. The van der Waals surface area contributed by atoms with Crippen LogP contribution >= 0.6 is 0 Å². The number of nitro groups is 1. The van der Waals surface area contributed by atoms with Gasteiger partial charge < -0.3 is 5.11 Å². The van der Waals surface area contributed by atoms with Crippen molar-refractivity contribution in [3.8, 4) is 5.75 Å². The summed E-state index contributed by atoms with van der Waals surface area (Å²) in [5.41, 5.74) is 3.23. The van der Waals surface area contributed by atoms with Crippen LogP contribution < -0.4 is 5.43 Å². The zero-order valence-corrected chi connectivity index (χ0v) is 17.5. The first-order valence-corrected chi connectivity index (χ1v) is 11.0. The molecule has 0 bridgehead atoms. The minimum atomic E-state index is -3.99. The number of aromatic hydroxyl groups is 1. The van der Waals surface area contributed by atoms with E-state index >= 15 is 0 Å². The normalized spacial score (nSPS) is 20.3. The number of rotatable bonds is 6. The Morgan fingerprint density at radius 2 is 1.80 bits per heavy atom. The van der Waals surface area contributed by atoms with Crippen LogP contribution in [-0.4, -0.2) is 41.1 Å². The molecule has 2 aromatic rings. The highest BCUT2D eigenvalue weighted by Gasteiger charge is 2.37. The van der Waals surface area contributed by atoms with Crippen molar-refractivity contribution in [2.24, 2.45) is 5.10 Å². The molecule has 3 rings (SSSR count). The zero-order chi connectivity index (χ0) is 21.9. The molecule has 1 heterocycles. The number of benzene rings is 2. The first-order valence-electron chi connectivity index (χ1n) is 9.60. The third-order valence-electron chi connectivity index (χ3n) is 5.14. The monoisotopic (exact) mass is 432 g/mol. The van der Waals surface area contributed by atoms with Crippen LogP contribution in [0, 0.1) is 10.1 Å². The lowest BCUT2D eigenvalue weighted by Gasteiger charge is -2.37. The van der Waals surface area contributed by atoms with Gasteiger partial charge in [-0.15, -0.1) is 0 Å². The highest BCUT2D eigenvalue weighted by atomic mass is 32.2. The minimum absolute atomic E-state index is 0.119. The van der Waals surface area contributed by atoms with Crippen LogP contribution in [0.4, 0.5) is 11.4 Å². The number of phenolic OH excluding ortho intramolecular Hbond substituents is 1. The summed E-state index contributed by atoms with van der Waals surface area (Å²) in [5, 5.41) is 24.7. The molecule has 1 aliphatic rings. The van der Waals surface area contributed by atoms with Crippen molar-refractivity contribution in [3.05, 3.63) is 58.1 Å². The molecular formula is C20H24N4O5S. The number of nitro benzene ring substituents is 1. The second-order valence-electron chi connectivity index (χ2n) is 7.36. The van der Waals surface area contributed by atoms with E-state index in [2.05, 4.69) is 10.5 Å². The Morgan fingerprint density at radius 1 is 1.17 bits per heavy atom. The summed E-state index contributed by atoms with van der Waals surface area (Å²) in [7, 11) is -3.99. The lowest BCUT2D eigenvalue weighted by Crippen LogP contribution is -2.47. The summed E-state index contributed by atoms with van der Waals surface area (Å²) in [6.45, 7) is 3.70. The van der Waals surface area contributed by atoms with Crippen LogP contribution in [0.1, 0.15) is 38.7 Å². The van der Waals surface area contributed by atoms with Gasteiger partial charge >= 0.3 is 0 Å². The molecule has 1 saturated heterocycles. The largest absolute Gasteiger partial charge is 0.508 e. The average molecular weight is 433 g/mol. The predicted octanol–water partition coefficient (Wildman–Crippen LogP) is 3.70. The Bertz CT molecular complexity index is 1040. The second-order valence-corrected chi connectivity index (χ2v) is 9.17. The number of hydrogen-bond donors (Lipinski definition) is 2. The minimum Gasteiger partial charge on any atom is -0.508 e. The van der Waals surface area contributed by atoms with Gasteiger partial charge in [0.05, 0.1) is 16.8 Å². The van der Waals surface area contributed by atoms with E-state index < -0.39 is 14.9 Å². The molecule has 0 spiro atoms. The van der Waals surface area contributed by atoms with Crippen molar-refractivity contribution in [3.63, 3.8) is 0 Å². The fourth-order valence-electron chi connectivity index (χ4n) is 3.65. The number of nitrogens with one attached hydrogen (secondary N) is 1. The highest BCUT2D eigenvalue weighted by Crippen LogP contribution is 2.34. The van der Waals surface area contributed by atoms with Crippen molar-refractivity contribution in [1.82, 2.24) is 4.31 Å². The number of hydrazone groups is 1. The Balaban J connectivity index is 1.98. The molecule has 2 aromatic carbocycles. The number of nitrogens with zero attached hydrogens (tertiary/aromatic N) is 3. The van der Waals surface area contributed by atoms with Gasteiger partial charge in [-0.2, -0.15) is 9.41 Å². The Morgan fingerprint density at radius 3 is 2.40 bits per heavy atom. The highest BCUT2D eigenvalue weighted by molar-refractivity contribution is 7.89. The van der Waals surface area contributed by atoms with E-state index in [1.807, 2.05) is 13.8 Å². The standard InChI is InChI=1S/C20H24N4O5S/c1-14-4-3-5-15(2)23(14)30(28,29)20-12-17(24(26)27)8-11-19(20)22-21-13-16-6-9-18(25)10-7-16/h6-15,22,25H,3-5H2,1-2H3/b21-13-/t14-,15-/m1/s1. The van der Waals surface area contributed by atoms with Gasteiger partial charge in [0, 0.05) is 24.2 Å². The van der Waals surface area contributed by atoms with Gasteiger partial charge in [-0.25, -0.2) is 8.42 Å². The molecule has 0 saturated carbocycles. The lowest BCUT2D eigenvalue weighted by atomic mass is 10.0. The molecule has 1 aliphatic heterocycles. The quantitative estimate of drug-likeness (QED) is 0.407. The van der Waals surface area contributed by atoms with Gasteiger partial charge in [-0.3, -0.25) is 15.5 Å². The van der Waals surface area contributed by atoms with Crippen molar-refractivity contribution in [2.45, 2.75) is 50.1 Å². The van der Waals surface area contributed by atoms with Crippen LogP contribution in [0.5, 0.6) is 5.75 Å². The van der Waals surface area contributed by atoms with E-state index in [4.69, 9.17) is 0 Å². The fourth-order valence-corrected chi connectivity index (χ4v) is 5.70. The summed E-state index contributed by atoms with van der Waals surface area (Å²) >= 11 is 0. The number of sulfonamides is 1. The summed E-state index contributed by atoms with van der Waals surface area (Å²) < 4.78 is 28.4. The van der Waals surface area contributed by atoms with Crippen LogP contribution in [0.15, 0.2) is 52.5 Å². The zero-order valence-electron chi connectivity index (χ0n) is 16.7. The summed E-state index contributed by atoms with van der Waals surface area (Å²) in [6, 6.07) is 9.54. The van der Waals surface area contributed by atoms with Gasteiger partial charge in [0.2, 0.25) is 10.0 Å². The van der Waals surface area contributed by atoms with Crippen molar-refractivity contribution < 1.29 is 18.4 Å². The molecule has 10 heteroatoms. The number of hydrogen-bond acceptors (Lipinski definition) is 7. The number of non-ortho nitro benzene ring substituents is 1. The molecule has 0 unspecified atom stereocenters. The maximum atomic E-state index is 13.5. The lowest BCUT2D eigenvalue weighted by molar-refractivity contribution is -0.385. The molecule has 0 aliphatic carbocycles. The summed E-state index contributed by atoms with van der Waals surface area (Å²) in [5.74, 6) is 0.119. The molecule has 0 radical (unpaired) electrons. The third-order valence-corrected chi connectivity index (χ3v) is 7.30. The van der Waals surface area contributed by atoms with E-state index in [-0.39, 0.29) is 34.1 Å². The van der Waals surface area contributed by atoms with Crippen molar-refractivity contribution in [1.29, 1.82) is 0 Å². The topological polar surface area (TPSA) is 125 Å². The van der Waals surface area contributed by atoms with Gasteiger partial charge in [0.15, 0.2) is 0 Å². The van der Waals surface area contributed by atoms with Crippen LogP contribution in [0.3, 0.4) is 0 Å². The molecule has 9 nitrogen and oxygen atoms in total. The van der Waals surface area contributed by atoms with E-state index in [0.717, 1.165) is 25.3 Å². The SMILES string of the molecule is C[C@@H]1CCC[C@@H](C)N1S(=O)(=O)c1cc([N+](=O)[O-])ccc1N/N=C\c1ccc(O)cc1. The van der Waals surface area contributed by atoms with Gasteiger partial charge in [-0.1, -0.05) is 6.42 Å². The average Bonchev–Trinajstić information content (AvgIpc) is 2.69. The van der Waals surface area contributed by atoms with Crippen LogP contribution in [-0.2, 0) is 10.0 Å². The molecule has 2 atom stereocenters. The molecular weight excluding hydrogens is 408 g/mol. The third kappa shape index (κ3) is 4.60. The van der Waals surface area contributed by atoms with Crippen molar-refractivity contribution in [2.75, 3.05) is 5.43 Å². The fraction of sp³-hybridized carbons (Fsp3) is 0.350. The Kier molecular flexibility index (Phi) is 6.37. The molecule has 30 heavy (non-hydrogen) atoms. The summed E-state index contributed by atoms with van der Waals surface area (Å²) in [4.78, 5) is 10.4. The Hall–Kier alpha value is -2.98. The molecule has 160 valence electrons. The maximum Gasteiger partial charge on any atom is 0.270 e.